The van der Waals surface area contributed by atoms with Crippen molar-refractivity contribution in [1.29, 1.82) is 0 Å². The van der Waals surface area contributed by atoms with Crippen molar-refractivity contribution in [2.75, 3.05) is 6.61 Å². The van der Waals surface area contributed by atoms with Gasteiger partial charge in [0.25, 0.3) is 0 Å². The molecule has 1 aromatic rings. The first-order valence-corrected chi connectivity index (χ1v) is 5.86. The summed E-state index contributed by atoms with van der Waals surface area (Å²) in [6.07, 6.45) is 0. The van der Waals surface area contributed by atoms with Crippen molar-refractivity contribution in [2.45, 2.75) is 39.5 Å². The largest absolute Gasteiger partial charge is 0.493 e. The normalized spacial score (nSPS) is 19.5. The molecular formula is C14H20O. The van der Waals surface area contributed by atoms with E-state index < -0.39 is 0 Å². The quantitative estimate of drug-likeness (QED) is 0.709. The van der Waals surface area contributed by atoms with E-state index in [1.165, 1.54) is 11.1 Å². The van der Waals surface area contributed by atoms with Crippen LogP contribution in [0.5, 0.6) is 5.75 Å². The molecule has 15 heavy (non-hydrogen) atoms. The van der Waals surface area contributed by atoms with Crippen molar-refractivity contribution in [3.05, 3.63) is 29.3 Å². The molecule has 1 aliphatic rings. The summed E-state index contributed by atoms with van der Waals surface area (Å²) in [5.41, 5.74) is 2.77. The van der Waals surface area contributed by atoms with Gasteiger partial charge in [0.1, 0.15) is 5.75 Å². The number of ether oxygens (including phenoxy) is 1. The summed E-state index contributed by atoms with van der Waals surface area (Å²) in [5, 5.41) is 0. The van der Waals surface area contributed by atoms with Crippen LogP contribution in [-0.2, 0) is 0 Å². The highest BCUT2D eigenvalue weighted by molar-refractivity contribution is 5.43. The average molecular weight is 204 g/mol. The van der Waals surface area contributed by atoms with Gasteiger partial charge >= 0.3 is 0 Å². The molecule has 1 heterocycles. The number of fused-ring (bicyclic) bond motifs is 1. The first-order valence-electron chi connectivity index (χ1n) is 5.86. The fourth-order valence-electron chi connectivity index (χ4n) is 2.16. The zero-order valence-corrected chi connectivity index (χ0v) is 10.1. The van der Waals surface area contributed by atoms with Crippen LogP contribution < -0.4 is 4.74 Å². The Bertz CT molecular complexity index is 352. The van der Waals surface area contributed by atoms with Gasteiger partial charge in [0.05, 0.1) is 6.61 Å². The summed E-state index contributed by atoms with van der Waals surface area (Å²) in [7, 11) is 0. The fraction of sp³-hybridized carbons (Fsp3) is 0.571. The van der Waals surface area contributed by atoms with Crippen LogP contribution in [0.1, 0.15) is 50.7 Å². The lowest BCUT2D eigenvalue weighted by Crippen LogP contribution is -2.07. The Balaban J connectivity index is 2.33. The number of hydrogen-bond acceptors (Lipinski definition) is 1. The molecule has 0 aliphatic carbocycles. The van der Waals surface area contributed by atoms with E-state index in [2.05, 4.69) is 45.9 Å². The number of benzene rings is 1. The molecule has 0 bridgehead atoms. The summed E-state index contributed by atoms with van der Waals surface area (Å²) < 4.78 is 5.76. The van der Waals surface area contributed by atoms with Crippen LogP contribution in [0.15, 0.2) is 18.2 Å². The van der Waals surface area contributed by atoms with E-state index in [4.69, 9.17) is 4.74 Å². The van der Waals surface area contributed by atoms with Crippen LogP contribution in [0.4, 0.5) is 0 Å². The molecule has 0 fully saturated rings. The van der Waals surface area contributed by atoms with E-state index in [1.54, 1.807) is 0 Å². The second-order valence-corrected chi connectivity index (χ2v) is 5.11. The molecule has 1 aliphatic heterocycles. The number of hydrogen-bond donors (Lipinski definition) is 0. The van der Waals surface area contributed by atoms with Crippen LogP contribution in [0.25, 0.3) is 0 Å². The molecule has 1 unspecified atom stereocenters. The minimum Gasteiger partial charge on any atom is -0.493 e. The van der Waals surface area contributed by atoms with E-state index >= 15 is 0 Å². The Morgan fingerprint density at radius 1 is 1.20 bits per heavy atom. The fourth-order valence-corrected chi connectivity index (χ4v) is 2.16. The maximum absolute atomic E-state index is 5.76. The Hall–Kier alpha value is -0.980. The molecule has 0 N–H and O–H groups in total. The zero-order chi connectivity index (χ0) is 11.0. The molecule has 1 nitrogen and oxygen atoms in total. The third-order valence-electron chi connectivity index (χ3n) is 3.33. The second-order valence-electron chi connectivity index (χ2n) is 5.11. The average Bonchev–Trinajstić information content (AvgIpc) is 2.59. The Labute approximate surface area is 92.5 Å². The van der Waals surface area contributed by atoms with E-state index in [0.717, 1.165) is 12.4 Å². The predicted octanol–water partition coefficient (Wildman–Crippen LogP) is 3.94. The van der Waals surface area contributed by atoms with E-state index in [-0.39, 0.29) is 0 Å². The minimum atomic E-state index is 0.581. The molecule has 0 saturated carbocycles. The predicted molar refractivity (Wildman–Crippen MR) is 63.6 cm³/mol. The molecule has 0 saturated heterocycles. The third-order valence-corrected chi connectivity index (χ3v) is 3.33. The monoisotopic (exact) mass is 204 g/mol. The van der Waals surface area contributed by atoms with Crippen LogP contribution in [0.2, 0.25) is 0 Å². The van der Waals surface area contributed by atoms with Crippen molar-refractivity contribution in [3.8, 4) is 5.75 Å². The standard InChI is InChI=1S/C14H20O/c1-9(2)11-5-6-12-13(10(3)4)8-15-14(12)7-11/h5-7,9-10,13H,8H2,1-4H3. The summed E-state index contributed by atoms with van der Waals surface area (Å²) in [6.45, 7) is 9.82. The van der Waals surface area contributed by atoms with Gasteiger partial charge in [-0.25, -0.2) is 0 Å². The molecule has 0 aromatic heterocycles. The maximum Gasteiger partial charge on any atom is 0.123 e. The van der Waals surface area contributed by atoms with Gasteiger partial charge in [0.2, 0.25) is 0 Å². The summed E-state index contributed by atoms with van der Waals surface area (Å²) in [5.74, 6) is 2.94. The topological polar surface area (TPSA) is 9.23 Å². The van der Waals surface area contributed by atoms with Gasteiger partial charge in [-0.1, -0.05) is 39.8 Å². The van der Waals surface area contributed by atoms with Gasteiger partial charge in [0.15, 0.2) is 0 Å². The minimum absolute atomic E-state index is 0.581. The van der Waals surface area contributed by atoms with Gasteiger partial charge in [0, 0.05) is 11.5 Å². The highest BCUT2D eigenvalue weighted by atomic mass is 16.5. The zero-order valence-electron chi connectivity index (χ0n) is 10.1. The Morgan fingerprint density at radius 3 is 2.53 bits per heavy atom. The molecule has 1 heteroatoms. The van der Waals surface area contributed by atoms with Crippen LogP contribution in [-0.4, -0.2) is 6.61 Å². The molecular weight excluding hydrogens is 184 g/mol. The molecule has 0 radical (unpaired) electrons. The van der Waals surface area contributed by atoms with Crippen molar-refractivity contribution in [3.63, 3.8) is 0 Å². The lowest BCUT2D eigenvalue weighted by Gasteiger charge is -2.13. The van der Waals surface area contributed by atoms with Crippen molar-refractivity contribution >= 4 is 0 Å². The Morgan fingerprint density at radius 2 is 1.93 bits per heavy atom. The smallest absolute Gasteiger partial charge is 0.123 e. The number of rotatable bonds is 2. The third kappa shape index (κ3) is 1.88. The van der Waals surface area contributed by atoms with Crippen molar-refractivity contribution < 1.29 is 4.74 Å². The van der Waals surface area contributed by atoms with Gasteiger partial charge in [-0.05, 0) is 23.5 Å². The van der Waals surface area contributed by atoms with Crippen LogP contribution in [0, 0.1) is 5.92 Å². The summed E-state index contributed by atoms with van der Waals surface area (Å²) >= 11 is 0. The van der Waals surface area contributed by atoms with Crippen molar-refractivity contribution in [1.82, 2.24) is 0 Å². The second kappa shape index (κ2) is 3.88. The highest BCUT2D eigenvalue weighted by Crippen LogP contribution is 2.39. The first kappa shape index (κ1) is 10.5. The van der Waals surface area contributed by atoms with Crippen LogP contribution >= 0.6 is 0 Å². The van der Waals surface area contributed by atoms with Crippen LogP contribution in [0.3, 0.4) is 0 Å². The van der Waals surface area contributed by atoms with Gasteiger partial charge in [-0.15, -0.1) is 0 Å². The first-order chi connectivity index (χ1) is 7.09. The molecule has 82 valence electrons. The Kier molecular flexibility index (Phi) is 2.72. The van der Waals surface area contributed by atoms with Gasteiger partial charge in [-0.3, -0.25) is 0 Å². The van der Waals surface area contributed by atoms with Gasteiger partial charge < -0.3 is 4.74 Å². The molecule has 1 aromatic carbocycles. The molecule has 2 rings (SSSR count). The van der Waals surface area contributed by atoms with E-state index in [9.17, 15) is 0 Å². The summed E-state index contributed by atoms with van der Waals surface area (Å²) in [6, 6.07) is 6.71. The molecule has 0 spiro atoms. The van der Waals surface area contributed by atoms with Gasteiger partial charge in [-0.2, -0.15) is 0 Å². The lowest BCUT2D eigenvalue weighted by atomic mass is 9.89. The van der Waals surface area contributed by atoms with Crippen molar-refractivity contribution in [2.24, 2.45) is 5.92 Å². The SMILES string of the molecule is CC(C)c1ccc2c(c1)OCC2C(C)C. The lowest BCUT2D eigenvalue weighted by molar-refractivity contribution is 0.303. The molecule has 1 atom stereocenters. The molecule has 0 amide bonds. The maximum atomic E-state index is 5.76. The highest BCUT2D eigenvalue weighted by Gasteiger charge is 2.26. The summed E-state index contributed by atoms with van der Waals surface area (Å²) in [4.78, 5) is 0. The van der Waals surface area contributed by atoms with E-state index in [0.29, 0.717) is 17.8 Å². The van der Waals surface area contributed by atoms with E-state index in [1.807, 2.05) is 0 Å².